The summed E-state index contributed by atoms with van der Waals surface area (Å²) < 4.78 is 34.0. The maximum absolute atomic E-state index is 12.1. The number of cyclic esters (lactones) is 1. The highest BCUT2D eigenvalue weighted by atomic mass is 32.2. The highest BCUT2D eigenvalue weighted by Crippen LogP contribution is 2.19. The van der Waals surface area contributed by atoms with Crippen LogP contribution < -0.4 is 0 Å². The first-order valence-corrected chi connectivity index (χ1v) is 8.80. The van der Waals surface area contributed by atoms with Gasteiger partial charge in [-0.3, -0.25) is 24.0 Å². The molecule has 2 rings (SSSR count). The van der Waals surface area contributed by atoms with E-state index in [9.17, 15) is 28.1 Å². The van der Waals surface area contributed by atoms with Gasteiger partial charge in [-0.25, -0.2) is 4.79 Å². The van der Waals surface area contributed by atoms with E-state index < -0.39 is 33.8 Å². The molecule has 1 heterocycles. The number of ether oxygens (including phenoxy) is 1. The Kier molecular flexibility index (Phi) is 5.77. The number of benzene rings is 1. The zero-order valence-electron chi connectivity index (χ0n) is 14.0. The minimum atomic E-state index is -4.17. The molecule has 0 saturated carbocycles. The number of nitro groups is 1. The number of nitrogens with zero attached hydrogens (tertiary/aromatic N) is 3. The lowest BCUT2D eigenvalue weighted by Crippen LogP contribution is -2.37. The van der Waals surface area contributed by atoms with E-state index in [1.165, 1.54) is 4.90 Å². The molecule has 1 atom stereocenters. The number of non-ortho nitro benzene ring substituents is 1. The molecular weight excluding hydrogens is 370 g/mol. The van der Waals surface area contributed by atoms with Gasteiger partial charge in [-0.2, -0.15) is 8.42 Å². The van der Waals surface area contributed by atoms with Crippen LogP contribution in [0.4, 0.5) is 10.5 Å². The molecule has 26 heavy (non-hydrogen) atoms. The van der Waals surface area contributed by atoms with Gasteiger partial charge in [0.25, 0.3) is 15.8 Å². The molecule has 1 aromatic carbocycles. The van der Waals surface area contributed by atoms with Gasteiger partial charge in [-0.15, -0.1) is 0 Å². The lowest BCUT2D eigenvalue weighted by Gasteiger charge is -2.16. The third-order valence-electron chi connectivity index (χ3n) is 3.52. The van der Waals surface area contributed by atoms with Crippen LogP contribution in [0.5, 0.6) is 0 Å². The topological polar surface area (TPSA) is 136 Å². The van der Waals surface area contributed by atoms with Crippen LogP contribution in [0.1, 0.15) is 0 Å². The number of amides is 2. The van der Waals surface area contributed by atoms with E-state index in [2.05, 4.69) is 0 Å². The molecule has 0 unspecified atom stereocenters. The first-order chi connectivity index (χ1) is 12.1. The lowest BCUT2D eigenvalue weighted by molar-refractivity contribution is -0.384. The monoisotopic (exact) mass is 387 g/mol. The fraction of sp³-hybridized carbons (Fsp3) is 0.429. The maximum Gasteiger partial charge on any atom is 0.410 e. The average Bonchev–Trinajstić information content (AvgIpc) is 2.93. The second-order valence-electron chi connectivity index (χ2n) is 5.66. The molecule has 0 aromatic heterocycles. The molecule has 142 valence electrons. The Morgan fingerprint density at radius 2 is 2.00 bits per heavy atom. The summed E-state index contributed by atoms with van der Waals surface area (Å²) in [7, 11) is -1.08. The van der Waals surface area contributed by atoms with Gasteiger partial charge in [0.15, 0.2) is 0 Å². The molecule has 0 aliphatic carbocycles. The minimum Gasteiger partial charge on any atom is -0.442 e. The molecule has 1 aliphatic heterocycles. The molecule has 12 heteroatoms. The predicted molar refractivity (Wildman–Crippen MR) is 86.8 cm³/mol. The van der Waals surface area contributed by atoms with Gasteiger partial charge < -0.3 is 9.64 Å². The Hall–Kier alpha value is -2.73. The Balaban J connectivity index is 1.94. The first-order valence-electron chi connectivity index (χ1n) is 7.40. The van der Waals surface area contributed by atoms with Crippen molar-refractivity contribution in [1.29, 1.82) is 0 Å². The number of carbonyl (C=O) groups is 2. The van der Waals surface area contributed by atoms with E-state index in [1.54, 1.807) is 14.1 Å². The normalized spacial score (nSPS) is 17.1. The Bertz CT molecular complexity index is 806. The Morgan fingerprint density at radius 3 is 2.54 bits per heavy atom. The van der Waals surface area contributed by atoms with Crippen LogP contribution in [-0.2, 0) is 23.8 Å². The van der Waals surface area contributed by atoms with Crippen LogP contribution in [0.15, 0.2) is 29.2 Å². The molecule has 0 bridgehead atoms. The van der Waals surface area contributed by atoms with Gasteiger partial charge in [-0.05, 0) is 12.1 Å². The van der Waals surface area contributed by atoms with Crippen LogP contribution >= 0.6 is 0 Å². The summed E-state index contributed by atoms with van der Waals surface area (Å²) in [4.78, 5) is 35.5. The second-order valence-corrected chi connectivity index (χ2v) is 7.28. The zero-order valence-corrected chi connectivity index (χ0v) is 14.8. The van der Waals surface area contributed by atoms with E-state index in [0.717, 1.165) is 29.2 Å². The van der Waals surface area contributed by atoms with E-state index in [0.29, 0.717) is 0 Å². The number of nitro benzene ring substituents is 1. The van der Waals surface area contributed by atoms with Crippen molar-refractivity contribution in [3.63, 3.8) is 0 Å². The van der Waals surface area contributed by atoms with Gasteiger partial charge in [-0.1, -0.05) is 0 Å². The summed E-state index contributed by atoms with van der Waals surface area (Å²) in [6, 6.07) is 4.19. The van der Waals surface area contributed by atoms with Crippen molar-refractivity contribution in [2.45, 2.75) is 11.0 Å². The predicted octanol–water partition coefficient (Wildman–Crippen LogP) is 0.209. The van der Waals surface area contributed by atoms with Crippen molar-refractivity contribution >= 4 is 27.8 Å². The van der Waals surface area contributed by atoms with Gasteiger partial charge in [0.1, 0.15) is 19.3 Å². The van der Waals surface area contributed by atoms with Gasteiger partial charge in [0.2, 0.25) is 5.91 Å². The summed E-state index contributed by atoms with van der Waals surface area (Å²) in [5, 5.41) is 10.6. The van der Waals surface area contributed by atoms with Crippen LogP contribution in [0.3, 0.4) is 0 Å². The molecular formula is C14H17N3O8S. The molecule has 11 nitrogen and oxygen atoms in total. The van der Waals surface area contributed by atoms with E-state index in [1.807, 2.05) is 0 Å². The smallest absolute Gasteiger partial charge is 0.410 e. The highest BCUT2D eigenvalue weighted by Gasteiger charge is 2.34. The SMILES string of the molecule is CN(C)C(=O)CN1C[C@@H](COS(=O)(=O)c2ccc([N+](=O)[O-])cc2)OC1=O. The first kappa shape index (κ1) is 19.6. The quantitative estimate of drug-likeness (QED) is 0.368. The van der Waals surface area contributed by atoms with E-state index in [-0.39, 0.29) is 29.6 Å². The summed E-state index contributed by atoms with van der Waals surface area (Å²) in [6.45, 7) is -0.608. The number of rotatable bonds is 7. The third kappa shape index (κ3) is 4.67. The van der Waals surface area contributed by atoms with Gasteiger partial charge in [0, 0.05) is 26.2 Å². The van der Waals surface area contributed by atoms with Crippen LogP contribution in [0.25, 0.3) is 0 Å². The molecule has 2 amide bonds. The molecule has 1 aromatic rings. The van der Waals surface area contributed by atoms with Gasteiger partial charge >= 0.3 is 6.09 Å². The fourth-order valence-electron chi connectivity index (χ4n) is 2.06. The minimum absolute atomic E-state index is 0.00813. The Morgan fingerprint density at radius 1 is 1.38 bits per heavy atom. The summed E-state index contributed by atoms with van der Waals surface area (Å²) >= 11 is 0. The van der Waals surface area contributed by atoms with Crippen LogP contribution in [0, 0.1) is 10.1 Å². The summed E-state index contributed by atoms with van der Waals surface area (Å²) in [6.07, 6.45) is -1.59. The standard InChI is InChI=1S/C14H17N3O8S/c1-15(2)13(18)8-16-7-11(25-14(16)19)9-24-26(22,23)12-5-3-10(4-6-12)17(20)21/h3-6,11H,7-9H2,1-2H3/t11-/m0/s1. The highest BCUT2D eigenvalue weighted by molar-refractivity contribution is 7.86. The van der Waals surface area contributed by atoms with Crippen molar-refractivity contribution in [3.8, 4) is 0 Å². The third-order valence-corrected chi connectivity index (χ3v) is 4.82. The summed E-state index contributed by atoms with van der Waals surface area (Å²) in [5.41, 5.74) is -0.255. The number of carbonyl (C=O) groups excluding carboxylic acids is 2. The van der Waals surface area contributed by atoms with Crippen molar-refractivity contribution in [3.05, 3.63) is 34.4 Å². The second kappa shape index (κ2) is 7.66. The van der Waals surface area contributed by atoms with Crippen molar-refractivity contribution < 1.29 is 31.9 Å². The molecule has 0 N–H and O–H groups in total. The molecule has 0 radical (unpaired) electrons. The number of hydrogen-bond acceptors (Lipinski definition) is 8. The van der Waals surface area contributed by atoms with Crippen molar-refractivity contribution in [2.24, 2.45) is 0 Å². The van der Waals surface area contributed by atoms with Gasteiger partial charge in [0.05, 0.1) is 16.4 Å². The molecule has 1 saturated heterocycles. The molecule has 0 spiro atoms. The Labute approximate surface area is 149 Å². The number of likely N-dealkylation sites (N-methyl/N-ethyl adjacent to an activating group) is 1. The molecule has 1 aliphatic rings. The zero-order chi connectivity index (χ0) is 19.5. The summed E-state index contributed by atoms with van der Waals surface area (Å²) in [5.74, 6) is -0.304. The van der Waals surface area contributed by atoms with E-state index >= 15 is 0 Å². The fourth-order valence-corrected chi connectivity index (χ4v) is 3.00. The largest absolute Gasteiger partial charge is 0.442 e. The van der Waals surface area contributed by atoms with E-state index in [4.69, 9.17) is 8.92 Å². The lowest BCUT2D eigenvalue weighted by atomic mass is 10.3. The maximum atomic E-state index is 12.1. The molecule has 1 fully saturated rings. The average molecular weight is 387 g/mol. The van der Waals surface area contributed by atoms with Crippen LogP contribution in [-0.4, -0.2) is 75.0 Å². The van der Waals surface area contributed by atoms with Crippen LogP contribution in [0.2, 0.25) is 0 Å². The van der Waals surface area contributed by atoms with Crippen molar-refractivity contribution in [2.75, 3.05) is 33.8 Å². The van der Waals surface area contributed by atoms with Crippen molar-refractivity contribution in [1.82, 2.24) is 9.80 Å². The number of hydrogen-bond donors (Lipinski definition) is 0.